The van der Waals surface area contributed by atoms with Gasteiger partial charge in [0.25, 0.3) is 0 Å². The lowest BCUT2D eigenvalue weighted by Crippen LogP contribution is -2.49. The molecule has 0 aliphatic carbocycles. The minimum Gasteiger partial charge on any atom is -0.465 e. The SMILES string of the molecule is CCNC(CN1CCC(CN(C)C)CC1)C(=O)OCC. The van der Waals surface area contributed by atoms with Gasteiger partial charge in [-0.05, 0) is 59.4 Å². The van der Waals surface area contributed by atoms with Gasteiger partial charge in [0.05, 0.1) is 6.61 Å². The van der Waals surface area contributed by atoms with E-state index in [0.717, 1.165) is 32.1 Å². The highest BCUT2D eigenvalue weighted by Crippen LogP contribution is 2.17. The largest absolute Gasteiger partial charge is 0.465 e. The molecule has 118 valence electrons. The van der Waals surface area contributed by atoms with Gasteiger partial charge in [-0.15, -0.1) is 0 Å². The second-order valence-corrected chi connectivity index (χ2v) is 5.87. The van der Waals surface area contributed by atoms with E-state index >= 15 is 0 Å². The summed E-state index contributed by atoms with van der Waals surface area (Å²) in [4.78, 5) is 16.5. The number of ether oxygens (including phenoxy) is 1. The van der Waals surface area contributed by atoms with Gasteiger partial charge >= 0.3 is 5.97 Å². The van der Waals surface area contributed by atoms with Crippen molar-refractivity contribution in [1.29, 1.82) is 0 Å². The summed E-state index contributed by atoms with van der Waals surface area (Å²) < 4.78 is 5.14. The molecular formula is C15H31N3O2. The van der Waals surface area contributed by atoms with Crippen LogP contribution in [0.3, 0.4) is 0 Å². The van der Waals surface area contributed by atoms with Gasteiger partial charge in [0, 0.05) is 13.1 Å². The van der Waals surface area contributed by atoms with Crippen LogP contribution in [-0.2, 0) is 9.53 Å². The van der Waals surface area contributed by atoms with Crippen molar-refractivity contribution in [2.24, 2.45) is 5.92 Å². The van der Waals surface area contributed by atoms with Crippen molar-refractivity contribution >= 4 is 5.97 Å². The third-order valence-corrected chi connectivity index (χ3v) is 3.79. The zero-order chi connectivity index (χ0) is 15.0. The van der Waals surface area contributed by atoms with E-state index in [1.807, 2.05) is 13.8 Å². The predicted molar refractivity (Wildman–Crippen MR) is 81.8 cm³/mol. The number of likely N-dealkylation sites (N-methyl/N-ethyl adjacent to an activating group) is 1. The van der Waals surface area contributed by atoms with Crippen LogP contribution in [0, 0.1) is 5.92 Å². The molecule has 0 radical (unpaired) electrons. The van der Waals surface area contributed by atoms with Crippen LogP contribution >= 0.6 is 0 Å². The number of rotatable bonds is 8. The van der Waals surface area contributed by atoms with E-state index in [-0.39, 0.29) is 12.0 Å². The van der Waals surface area contributed by atoms with Gasteiger partial charge in [0.2, 0.25) is 0 Å². The Kier molecular flexibility index (Phi) is 8.11. The maximum atomic E-state index is 11.9. The first-order chi connectivity index (χ1) is 9.56. The molecule has 20 heavy (non-hydrogen) atoms. The number of piperidine rings is 1. The van der Waals surface area contributed by atoms with Crippen molar-refractivity contribution in [1.82, 2.24) is 15.1 Å². The zero-order valence-electron chi connectivity index (χ0n) is 13.5. The summed E-state index contributed by atoms with van der Waals surface area (Å²) >= 11 is 0. The molecule has 1 N–H and O–H groups in total. The summed E-state index contributed by atoms with van der Waals surface area (Å²) in [6.07, 6.45) is 2.44. The molecule has 0 aromatic carbocycles. The fourth-order valence-corrected chi connectivity index (χ4v) is 2.84. The predicted octanol–water partition coefficient (Wildman–Crippen LogP) is 0.801. The van der Waals surface area contributed by atoms with Crippen LogP contribution in [0.15, 0.2) is 0 Å². The standard InChI is InChI=1S/C15H31N3O2/c1-5-16-14(15(19)20-6-2)12-18-9-7-13(8-10-18)11-17(3)4/h13-14,16H,5-12H2,1-4H3. The van der Waals surface area contributed by atoms with Crippen molar-refractivity contribution < 1.29 is 9.53 Å². The molecule has 0 aromatic rings. The number of nitrogens with zero attached hydrogens (tertiary/aromatic N) is 2. The number of hydrogen-bond donors (Lipinski definition) is 1. The molecular weight excluding hydrogens is 254 g/mol. The smallest absolute Gasteiger partial charge is 0.324 e. The summed E-state index contributed by atoms with van der Waals surface area (Å²) in [5, 5.41) is 3.23. The molecule has 0 amide bonds. The normalized spacial score (nSPS) is 19.2. The Bertz CT molecular complexity index is 276. The van der Waals surface area contributed by atoms with E-state index < -0.39 is 0 Å². The Balaban J connectivity index is 2.37. The second kappa shape index (κ2) is 9.32. The van der Waals surface area contributed by atoms with Crippen LogP contribution in [0.25, 0.3) is 0 Å². The fourth-order valence-electron chi connectivity index (χ4n) is 2.84. The maximum absolute atomic E-state index is 11.9. The van der Waals surface area contributed by atoms with Gasteiger partial charge in [-0.1, -0.05) is 6.92 Å². The number of carbonyl (C=O) groups is 1. The van der Waals surface area contributed by atoms with Gasteiger partial charge in [0.15, 0.2) is 0 Å². The minimum atomic E-state index is -0.189. The van der Waals surface area contributed by atoms with Crippen LogP contribution in [0.4, 0.5) is 0 Å². The van der Waals surface area contributed by atoms with Crippen molar-refractivity contribution in [2.75, 3.05) is 53.4 Å². The Hall–Kier alpha value is -0.650. The van der Waals surface area contributed by atoms with Crippen LogP contribution in [0.2, 0.25) is 0 Å². The average molecular weight is 285 g/mol. The lowest BCUT2D eigenvalue weighted by atomic mass is 9.96. The third kappa shape index (κ3) is 6.20. The van der Waals surface area contributed by atoms with Crippen molar-refractivity contribution in [3.05, 3.63) is 0 Å². The Morgan fingerprint density at radius 3 is 2.50 bits per heavy atom. The molecule has 1 saturated heterocycles. The lowest BCUT2D eigenvalue weighted by molar-refractivity contribution is -0.146. The van der Waals surface area contributed by atoms with E-state index in [9.17, 15) is 4.79 Å². The van der Waals surface area contributed by atoms with Gasteiger partial charge in [0.1, 0.15) is 6.04 Å². The number of carbonyl (C=O) groups excluding carboxylic acids is 1. The first-order valence-electron chi connectivity index (χ1n) is 7.83. The van der Waals surface area contributed by atoms with E-state index in [4.69, 9.17) is 4.74 Å². The van der Waals surface area contributed by atoms with E-state index in [1.165, 1.54) is 19.4 Å². The van der Waals surface area contributed by atoms with Gasteiger partial charge in [-0.25, -0.2) is 0 Å². The molecule has 1 heterocycles. The Morgan fingerprint density at radius 1 is 1.35 bits per heavy atom. The molecule has 1 unspecified atom stereocenters. The molecule has 1 atom stereocenters. The van der Waals surface area contributed by atoms with E-state index in [2.05, 4.69) is 29.2 Å². The Morgan fingerprint density at radius 2 is 2.00 bits per heavy atom. The van der Waals surface area contributed by atoms with Gasteiger partial charge in [-0.3, -0.25) is 4.79 Å². The topological polar surface area (TPSA) is 44.8 Å². The summed E-state index contributed by atoms with van der Waals surface area (Å²) in [5.74, 6) is 0.672. The van der Waals surface area contributed by atoms with Gasteiger partial charge in [-0.2, -0.15) is 0 Å². The summed E-state index contributed by atoms with van der Waals surface area (Å²) in [6.45, 7) is 9.22. The highest BCUT2D eigenvalue weighted by Gasteiger charge is 2.25. The quantitative estimate of drug-likeness (QED) is 0.668. The molecule has 0 bridgehead atoms. The molecule has 1 rings (SSSR count). The van der Waals surface area contributed by atoms with Crippen molar-refractivity contribution in [2.45, 2.75) is 32.7 Å². The molecule has 5 heteroatoms. The average Bonchev–Trinajstić information content (AvgIpc) is 2.40. The third-order valence-electron chi connectivity index (χ3n) is 3.79. The van der Waals surface area contributed by atoms with Crippen molar-refractivity contribution in [3.63, 3.8) is 0 Å². The first-order valence-corrected chi connectivity index (χ1v) is 7.83. The summed E-state index contributed by atoms with van der Waals surface area (Å²) in [5.41, 5.74) is 0. The summed E-state index contributed by atoms with van der Waals surface area (Å²) in [7, 11) is 4.27. The zero-order valence-corrected chi connectivity index (χ0v) is 13.5. The molecule has 0 spiro atoms. The van der Waals surface area contributed by atoms with E-state index in [1.54, 1.807) is 0 Å². The monoisotopic (exact) mass is 285 g/mol. The molecule has 0 saturated carbocycles. The second-order valence-electron chi connectivity index (χ2n) is 5.87. The van der Waals surface area contributed by atoms with Crippen LogP contribution < -0.4 is 5.32 Å². The summed E-state index contributed by atoms with van der Waals surface area (Å²) in [6, 6.07) is -0.189. The number of esters is 1. The molecule has 1 fully saturated rings. The Labute approximate surface area is 123 Å². The number of likely N-dealkylation sites (tertiary alicyclic amines) is 1. The fraction of sp³-hybridized carbons (Fsp3) is 0.933. The van der Waals surface area contributed by atoms with Crippen LogP contribution in [0.5, 0.6) is 0 Å². The first kappa shape index (κ1) is 17.4. The van der Waals surface area contributed by atoms with Crippen LogP contribution in [0.1, 0.15) is 26.7 Å². The van der Waals surface area contributed by atoms with Gasteiger partial charge < -0.3 is 19.9 Å². The maximum Gasteiger partial charge on any atom is 0.324 e. The highest BCUT2D eigenvalue weighted by molar-refractivity contribution is 5.76. The number of nitrogens with one attached hydrogen (secondary N) is 1. The number of hydrogen-bond acceptors (Lipinski definition) is 5. The van der Waals surface area contributed by atoms with Crippen molar-refractivity contribution in [3.8, 4) is 0 Å². The lowest BCUT2D eigenvalue weighted by Gasteiger charge is -2.34. The molecule has 5 nitrogen and oxygen atoms in total. The molecule has 0 aromatic heterocycles. The molecule has 1 aliphatic heterocycles. The van der Waals surface area contributed by atoms with Crippen LogP contribution in [-0.4, -0.2) is 75.2 Å². The minimum absolute atomic E-state index is 0.121. The molecule has 1 aliphatic rings. The van der Waals surface area contributed by atoms with E-state index in [0.29, 0.717) is 6.61 Å². The highest BCUT2D eigenvalue weighted by atomic mass is 16.5.